The van der Waals surface area contributed by atoms with E-state index in [1.807, 2.05) is 48.5 Å². The molecule has 5 aromatic carbocycles. The van der Waals surface area contributed by atoms with Gasteiger partial charge in [-0.2, -0.15) is 0 Å². The smallest absolute Gasteiger partial charge is 0.144 e. The summed E-state index contributed by atoms with van der Waals surface area (Å²) in [5.74, 6) is 0. The third-order valence-corrected chi connectivity index (χ3v) is 15.1. The van der Waals surface area contributed by atoms with Gasteiger partial charge in [0, 0.05) is 36.1 Å². The number of pyridine rings is 1. The molecular formula is C39H37NOSi. The first kappa shape index (κ1) is 20.6. The summed E-state index contributed by atoms with van der Waals surface area (Å²) >= 11 is 0. The van der Waals surface area contributed by atoms with E-state index in [9.17, 15) is 0 Å². The fraction of sp³-hybridized carbons (Fsp3) is 0.205. The SMILES string of the molecule is [2H]C([2H])([2H])c1cnc(-c2cccc3c2oc2c3ccc3ccc4ccccc4c32)cc1-c1ccc([Si](CC)(CC)CC)cc1C([2H])([2H])[2H]. The molecule has 0 aliphatic rings. The first-order valence-corrected chi connectivity index (χ1v) is 17.4. The highest BCUT2D eigenvalue weighted by molar-refractivity contribution is 6.91. The Morgan fingerprint density at radius 2 is 1.38 bits per heavy atom. The molecule has 208 valence electrons. The predicted molar refractivity (Wildman–Crippen MR) is 184 cm³/mol. The van der Waals surface area contributed by atoms with E-state index in [1.54, 1.807) is 6.07 Å². The molecule has 42 heavy (non-hydrogen) atoms. The quantitative estimate of drug-likeness (QED) is 0.147. The van der Waals surface area contributed by atoms with Crippen molar-refractivity contribution in [2.24, 2.45) is 0 Å². The van der Waals surface area contributed by atoms with Gasteiger partial charge in [-0.05, 0) is 70.3 Å². The summed E-state index contributed by atoms with van der Waals surface area (Å²) in [4.78, 5) is 4.67. The number of furan rings is 1. The number of benzene rings is 5. The van der Waals surface area contributed by atoms with E-state index in [0.717, 1.165) is 61.2 Å². The second-order valence-electron chi connectivity index (χ2n) is 11.3. The molecule has 0 aliphatic carbocycles. The maximum Gasteiger partial charge on any atom is 0.144 e. The normalized spacial score (nSPS) is 14.9. The number of hydrogen-bond acceptors (Lipinski definition) is 2. The molecule has 2 aromatic heterocycles. The van der Waals surface area contributed by atoms with Crippen molar-refractivity contribution in [2.75, 3.05) is 0 Å². The van der Waals surface area contributed by atoms with Crippen molar-refractivity contribution in [1.82, 2.24) is 4.98 Å². The molecule has 0 N–H and O–H groups in total. The van der Waals surface area contributed by atoms with Crippen molar-refractivity contribution in [3.63, 3.8) is 0 Å². The van der Waals surface area contributed by atoms with Gasteiger partial charge in [-0.1, -0.05) is 117 Å². The summed E-state index contributed by atoms with van der Waals surface area (Å²) in [6, 6.07) is 33.0. The van der Waals surface area contributed by atoms with Crippen LogP contribution in [0.5, 0.6) is 0 Å². The number of hydrogen-bond donors (Lipinski definition) is 0. The Bertz CT molecular complexity index is 2340. The summed E-state index contributed by atoms with van der Waals surface area (Å²) in [6.45, 7) is 1.61. The van der Waals surface area contributed by atoms with Crippen molar-refractivity contribution in [3.8, 4) is 22.4 Å². The van der Waals surface area contributed by atoms with E-state index in [0.29, 0.717) is 28.0 Å². The van der Waals surface area contributed by atoms with Gasteiger partial charge in [-0.3, -0.25) is 4.98 Å². The van der Waals surface area contributed by atoms with Gasteiger partial charge in [-0.15, -0.1) is 0 Å². The number of para-hydroxylation sites is 1. The van der Waals surface area contributed by atoms with Crippen LogP contribution in [0.4, 0.5) is 0 Å². The highest BCUT2D eigenvalue weighted by atomic mass is 28.3. The van der Waals surface area contributed by atoms with Gasteiger partial charge in [0.05, 0.1) is 13.8 Å². The third-order valence-electron chi connectivity index (χ3n) is 9.50. The van der Waals surface area contributed by atoms with Crippen LogP contribution in [0.3, 0.4) is 0 Å². The van der Waals surface area contributed by atoms with Crippen LogP contribution < -0.4 is 5.19 Å². The van der Waals surface area contributed by atoms with Crippen LogP contribution in [0.1, 0.15) is 40.1 Å². The van der Waals surface area contributed by atoms with Crippen LogP contribution in [0.15, 0.2) is 102 Å². The zero-order valence-corrected chi connectivity index (χ0v) is 25.2. The number of aryl methyl sites for hydroxylation is 2. The minimum atomic E-state index is -2.51. The highest BCUT2D eigenvalue weighted by Crippen LogP contribution is 2.41. The molecule has 0 unspecified atom stereocenters. The Morgan fingerprint density at radius 1 is 0.643 bits per heavy atom. The molecule has 7 aromatic rings. The summed E-state index contributed by atoms with van der Waals surface area (Å²) in [5, 5.41) is 7.34. The largest absolute Gasteiger partial charge is 0.455 e. The molecule has 0 atom stereocenters. The van der Waals surface area contributed by atoms with Gasteiger partial charge >= 0.3 is 0 Å². The van der Waals surface area contributed by atoms with E-state index in [1.165, 1.54) is 6.20 Å². The fourth-order valence-electron chi connectivity index (χ4n) is 6.84. The van der Waals surface area contributed by atoms with E-state index in [-0.39, 0.29) is 11.1 Å². The lowest BCUT2D eigenvalue weighted by molar-refractivity contribution is 0.674. The summed E-state index contributed by atoms with van der Waals surface area (Å²) in [7, 11) is -1.91. The van der Waals surface area contributed by atoms with Gasteiger partial charge in [-0.25, -0.2) is 0 Å². The van der Waals surface area contributed by atoms with Crippen molar-refractivity contribution in [2.45, 2.75) is 52.6 Å². The molecule has 0 saturated carbocycles. The topological polar surface area (TPSA) is 26.0 Å². The third kappa shape index (κ3) is 4.02. The second kappa shape index (κ2) is 10.3. The van der Waals surface area contributed by atoms with Crippen LogP contribution in [0, 0.1) is 13.7 Å². The number of rotatable bonds is 6. The van der Waals surface area contributed by atoms with Crippen LogP contribution in [0.2, 0.25) is 18.1 Å². The number of nitrogens with zero attached hydrogens (tertiary/aromatic N) is 1. The standard InChI is InChI=1S/C39H37NOSi/c1-6-42(7-2,8-3)29-19-21-30(25(4)22-29)35-23-36(40-24-26(35)5)34-15-11-14-32-33-20-18-28-17-16-27-12-9-10-13-31(27)37(28)39(33)41-38(32)34/h9-24H,6-8H2,1-5H3/i4D3,5D3. The maximum absolute atomic E-state index is 8.55. The van der Waals surface area contributed by atoms with E-state index < -0.39 is 21.8 Å². The van der Waals surface area contributed by atoms with Crippen LogP contribution in [-0.4, -0.2) is 13.1 Å². The van der Waals surface area contributed by atoms with Crippen molar-refractivity contribution >= 4 is 56.7 Å². The number of aromatic nitrogens is 1. The van der Waals surface area contributed by atoms with Crippen molar-refractivity contribution in [1.29, 1.82) is 0 Å². The first-order chi connectivity index (χ1) is 22.9. The fourth-order valence-corrected chi connectivity index (χ4v) is 10.5. The average molecular weight is 570 g/mol. The van der Waals surface area contributed by atoms with Gasteiger partial charge in [0.2, 0.25) is 0 Å². The van der Waals surface area contributed by atoms with Gasteiger partial charge in [0.1, 0.15) is 11.2 Å². The highest BCUT2D eigenvalue weighted by Gasteiger charge is 2.29. The molecule has 0 bridgehead atoms. The zero-order valence-electron chi connectivity index (χ0n) is 30.2. The lowest BCUT2D eigenvalue weighted by atomic mass is 9.95. The molecule has 2 nitrogen and oxygen atoms in total. The van der Waals surface area contributed by atoms with Crippen molar-refractivity contribution in [3.05, 3.63) is 108 Å². The zero-order chi connectivity index (χ0) is 34.0. The molecule has 0 amide bonds. The minimum Gasteiger partial charge on any atom is -0.455 e. The molecule has 7 rings (SSSR count). The molecule has 0 aliphatic heterocycles. The second-order valence-corrected chi connectivity index (χ2v) is 16.6. The van der Waals surface area contributed by atoms with E-state index >= 15 is 0 Å². The molecule has 0 spiro atoms. The Labute approximate surface area is 257 Å². The van der Waals surface area contributed by atoms with Gasteiger partial charge < -0.3 is 4.42 Å². The molecule has 0 fully saturated rings. The minimum absolute atomic E-state index is 0.0173. The van der Waals surface area contributed by atoms with Crippen LogP contribution >= 0.6 is 0 Å². The summed E-state index contributed by atoms with van der Waals surface area (Å²) in [5.41, 5.74) is 3.58. The average Bonchev–Trinajstić information content (AvgIpc) is 3.47. The lowest BCUT2D eigenvalue weighted by Crippen LogP contribution is -2.45. The molecule has 0 radical (unpaired) electrons. The molecule has 0 saturated heterocycles. The predicted octanol–water partition coefficient (Wildman–Crippen LogP) is 11.0. The monoisotopic (exact) mass is 569 g/mol. The van der Waals surface area contributed by atoms with Gasteiger partial charge in [0.15, 0.2) is 0 Å². The molecular weight excluding hydrogens is 527 g/mol. The summed E-state index contributed by atoms with van der Waals surface area (Å²) < 4.78 is 57.5. The summed E-state index contributed by atoms with van der Waals surface area (Å²) in [6.07, 6.45) is 1.38. The molecule has 3 heteroatoms. The van der Waals surface area contributed by atoms with E-state index in [2.05, 4.69) is 62.2 Å². The Balaban J connectivity index is 1.49. The Morgan fingerprint density at radius 3 is 2.19 bits per heavy atom. The lowest BCUT2D eigenvalue weighted by Gasteiger charge is -2.29. The first-order valence-electron chi connectivity index (χ1n) is 17.8. The maximum atomic E-state index is 8.55. The van der Waals surface area contributed by atoms with Crippen LogP contribution in [0.25, 0.3) is 65.9 Å². The number of fused-ring (bicyclic) bond motifs is 7. The Kier molecular flexibility index (Phi) is 5.04. The Hall–Kier alpha value is -4.21. The van der Waals surface area contributed by atoms with Crippen LogP contribution in [-0.2, 0) is 0 Å². The van der Waals surface area contributed by atoms with Crippen molar-refractivity contribution < 1.29 is 12.6 Å². The van der Waals surface area contributed by atoms with Gasteiger partial charge in [0.25, 0.3) is 0 Å². The molecule has 2 heterocycles. The van der Waals surface area contributed by atoms with E-state index in [4.69, 9.17) is 12.6 Å².